The van der Waals surface area contributed by atoms with Crippen molar-refractivity contribution >= 4 is 17.9 Å². The van der Waals surface area contributed by atoms with Crippen molar-refractivity contribution in [3.05, 3.63) is 109 Å². The van der Waals surface area contributed by atoms with Gasteiger partial charge in [-0.1, -0.05) is 252 Å². The second-order valence-electron chi connectivity index (χ2n) is 19.1. The molecule has 0 aliphatic rings. The first-order valence-corrected chi connectivity index (χ1v) is 29.4. The summed E-state index contributed by atoms with van der Waals surface area (Å²) in [5.41, 5.74) is 0. The maximum absolute atomic E-state index is 12.9. The molecule has 0 fully saturated rings. The molecule has 0 unspecified atom stereocenters. The lowest BCUT2D eigenvalue weighted by atomic mass is 10.0. The lowest BCUT2D eigenvalue weighted by molar-refractivity contribution is -0.167. The van der Waals surface area contributed by atoms with Crippen LogP contribution < -0.4 is 0 Å². The molecule has 404 valence electrons. The molecule has 0 bridgehead atoms. The van der Waals surface area contributed by atoms with Crippen LogP contribution in [-0.2, 0) is 28.6 Å². The Morgan fingerprint density at radius 1 is 0.296 bits per heavy atom. The Bertz CT molecular complexity index is 1460. The predicted octanol–water partition coefficient (Wildman–Crippen LogP) is 19.9. The summed E-state index contributed by atoms with van der Waals surface area (Å²) in [5.74, 6) is -0.952. The lowest BCUT2D eigenvalue weighted by Crippen LogP contribution is -2.30. The summed E-state index contributed by atoms with van der Waals surface area (Å²) >= 11 is 0. The van der Waals surface area contributed by atoms with Crippen LogP contribution in [0.4, 0.5) is 0 Å². The van der Waals surface area contributed by atoms with Gasteiger partial charge >= 0.3 is 17.9 Å². The summed E-state index contributed by atoms with van der Waals surface area (Å²) in [4.78, 5) is 38.2. The SMILES string of the molecule is CC/C=C\C/C=C\C/C=C\C/C=C\C/C=C\CCCCCC(=O)O[C@H](COC(=O)CCCCCC/C=C\C/C=C\C/C=C\C/C=C\CC)COC(=O)CCCCCCCCCCCCCCCCCCC. The van der Waals surface area contributed by atoms with Crippen LogP contribution >= 0.6 is 0 Å². The van der Waals surface area contributed by atoms with E-state index in [1.807, 2.05) is 0 Å². The van der Waals surface area contributed by atoms with E-state index >= 15 is 0 Å². The molecule has 0 aromatic carbocycles. The van der Waals surface area contributed by atoms with Gasteiger partial charge in [0.15, 0.2) is 6.10 Å². The molecule has 0 radical (unpaired) electrons. The summed E-state index contributed by atoms with van der Waals surface area (Å²) in [7, 11) is 0. The minimum Gasteiger partial charge on any atom is -0.462 e. The quantitative estimate of drug-likeness (QED) is 0.0261. The summed E-state index contributed by atoms with van der Waals surface area (Å²) in [6, 6.07) is 0. The number of ether oxygens (including phenoxy) is 3. The Morgan fingerprint density at radius 3 is 0.873 bits per heavy atom. The Balaban J connectivity index is 4.49. The van der Waals surface area contributed by atoms with Crippen LogP contribution in [0.3, 0.4) is 0 Å². The summed E-state index contributed by atoms with van der Waals surface area (Å²) in [6.45, 7) is 6.38. The molecule has 0 rings (SSSR count). The molecule has 0 aliphatic carbocycles. The maximum atomic E-state index is 12.9. The number of unbranched alkanes of at least 4 members (excludes halogenated alkanes) is 23. The number of hydrogen-bond donors (Lipinski definition) is 0. The van der Waals surface area contributed by atoms with Crippen molar-refractivity contribution in [2.24, 2.45) is 0 Å². The van der Waals surface area contributed by atoms with E-state index < -0.39 is 6.10 Å². The molecule has 0 saturated heterocycles. The summed E-state index contributed by atoms with van der Waals surface area (Å²) < 4.78 is 16.8. The van der Waals surface area contributed by atoms with Crippen LogP contribution in [0, 0.1) is 0 Å². The molecule has 6 nitrogen and oxygen atoms in total. The van der Waals surface area contributed by atoms with Crippen LogP contribution in [-0.4, -0.2) is 37.2 Å². The second kappa shape index (κ2) is 58.6. The Kier molecular flexibility index (Phi) is 55.4. The molecule has 0 amide bonds. The number of carbonyl (C=O) groups excluding carboxylic acids is 3. The van der Waals surface area contributed by atoms with Crippen molar-refractivity contribution in [2.45, 2.75) is 271 Å². The van der Waals surface area contributed by atoms with Gasteiger partial charge in [0.1, 0.15) is 13.2 Å². The van der Waals surface area contributed by atoms with Gasteiger partial charge in [-0.3, -0.25) is 14.4 Å². The minimum absolute atomic E-state index is 0.0990. The predicted molar refractivity (Wildman–Crippen MR) is 307 cm³/mol. The van der Waals surface area contributed by atoms with E-state index in [2.05, 4.69) is 130 Å². The van der Waals surface area contributed by atoms with E-state index in [1.165, 1.54) is 89.9 Å². The molecule has 0 aliphatic heterocycles. The fourth-order valence-corrected chi connectivity index (χ4v) is 7.93. The van der Waals surface area contributed by atoms with Gasteiger partial charge in [0.2, 0.25) is 0 Å². The van der Waals surface area contributed by atoms with Crippen LogP contribution in [0.5, 0.6) is 0 Å². The number of allylic oxidation sites excluding steroid dienone is 18. The zero-order valence-electron chi connectivity index (χ0n) is 46.2. The van der Waals surface area contributed by atoms with E-state index in [9.17, 15) is 14.4 Å². The molecule has 0 N–H and O–H groups in total. The van der Waals surface area contributed by atoms with Crippen molar-refractivity contribution in [3.8, 4) is 0 Å². The van der Waals surface area contributed by atoms with Crippen LogP contribution in [0.25, 0.3) is 0 Å². The molecule has 71 heavy (non-hydrogen) atoms. The molecule has 0 saturated carbocycles. The first-order valence-electron chi connectivity index (χ1n) is 29.4. The van der Waals surface area contributed by atoms with Crippen LogP contribution in [0.15, 0.2) is 109 Å². The molecule has 0 heterocycles. The molecule has 1 atom stereocenters. The third-order valence-corrected chi connectivity index (χ3v) is 12.3. The highest BCUT2D eigenvalue weighted by molar-refractivity contribution is 5.71. The largest absolute Gasteiger partial charge is 0.462 e. The molecular weight excluding hydrogens is 877 g/mol. The average Bonchev–Trinajstić information content (AvgIpc) is 3.37. The van der Waals surface area contributed by atoms with Crippen LogP contribution in [0.1, 0.15) is 265 Å². The number of carbonyl (C=O) groups is 3. The van der Waals surface area contributed by atoms with Gasteiger partial charge in [-0.15, -0.1) is 0 Å². The summed E-state index contributed by atoms with van der Waals surface area (Å²) in [6.07, 6.45) is 79.3. The highest BCUT2D eigenvalue weighted by Gasteiger charge is 2.19. The zero-order chi connectivity index (χ0) is 51.4. The highest BCUT2D eigenvalue weighted by Crippen LogP contribution is 2.15. The Morgan fingerprint density at radius 2 is 0.549 bits per heavy atom. The smallest absolute Gasteiger partial charge is 0.306 e. The third-order valence-electron chi connectivity index (χ3n) is 12.3. The first-order chi connectivity index (χ1) is 35.0. The fourth-order valence-electron chi connectivity index (χ4n) is 7.93. The zero-order valence-corrected chi connectivity index (χ0v) is 46.2. The van der Waals surface area contributed by atoms with E-state index in [0.29, 0.717) is 12.8 Å². The van der Waals surface area contributed by atoms with E-state index in [4.69, 9.17) is 14.2 Å². The Labute approximate surface area is 438 Å². The topological polar surface area (TPSA) is 78.9 Å². The van der Waals surface area contributed by atoms with Gasteiger partial charge in [-0.05, 0) is 103 Å². The van der Waals surface area contributed by atoms with Gasteiger partial charge < -0.3 is 14.2 Å². The molecule has 6 heteroatoms. The van der Waals surface area contributed by atoms with Crippen molar-refractivity contribution in [1.29, 1.82) is 0 Å². The van der Waals surface area contributed by atoms with Crippen molar-refractivity contribution in [2.75, 3.05) is 13.2 Å². The molecule has 0 aromatic heterocycles. The molecular formula is C65H108O6. The number of esters is 3. The second-order valence-corrected chi connectivity index (χ2v) is 19.1. The van der Waals surface area contributed by atoms with Crippen molar-refractivity contribution < 1.29 is 28.6 Å². The summed E-state index contributed by atoms with van der Waals surface area (Å²) in [5, 5.41) is 0. The maximum Gasteiger partial charge on any atom is 0.306 e. The van der Waals surface area contributed by atoms with E-state index in [-0.39, 0.29) is 37.5 Å². The van der Waals surface area contributed by atoms with Gasteiger partial charge in [0.25, 0.3) is 0 Å². The van der Waals surface area contributed by atoms with E-state index in [1.54, 1.807) is 0 Å². The average molecular weight is 986 g/mol. The molecule has 0 aromatic rings. The number of rotatable bonds is 52. The van der Waals surface area contributed by atoms with Gasteiger partial charge in [0.05, 0.1) is 0 Å². The fraction of sp³-hybridized carbons (Fsp3) is 0.677. The lowest BCUT2D eigenvalue weighted by Gasteiger charge is -2.18. The Hall–Kier alpha value is -3.93. The van der Waals surface area contributed by atoms with Crippen molar-refractivity contribution in [3.63, 3.8) is 0 Å². The minimum atomic E-state index is -0.807. The highest BCUT2D eigenvalue weighted by atomic mass is 16.6. The monoisotopic (exact) mass is 985 g/mol. The number of hydrogen-bond acceptors (Lipinski definition) is 6. The van der Waals surface area contributed by atoms with Gasteiger partial charge in [-0.25, -0.2) is 0 Å². The normalized spacial score (nSPS) is 12.9. The third kappa shape index (κ3) is 56.9. The van der Waals surface area contributed by atoms with Crippen molar-refractivity contribution in [1.82, 2.24) is 0 Å². The molecule has 0 spiro atoms. The standard InChI is InChI=1S/C65H108O6/c1-4-7-10-13-16-19-22-25-28-31-32-35-38-41-44-47-50-53-56-59-65(68)71-62(60-69-63(66)57-54-51-48-45-42-39-36-33-29-26-23-20-17-14-11-8-5-2)61-70-64(67)58-55-52-49-46-43-40-37-34-30-27-24-21-18-15-12-9-6-3/h7-8,10-11,16-17,19-20,25-26,28-29,32,35-36,39,41,44,62H,4-6,9,12-15,18,21-24,27,30-31,33-34,37-38,40,42-43,45-61H2,1-3H3/b10-7-,11-8-,19-16-,20-17-,28-25-,29-26-,35-32-,39-36-,44-41-/t62-/m1/s1. The van der Waals surface area contributed by atoms with Gasteiger partial charge in [0, 0.05) is 19.3 Å². The first kappa shape index (κ1) is 67.1. The van der Waals surface area contributed by atoms with Gasteiger partial charge in [-0.2, -0.15) is 0 Å². The van der Waals surface area contributed by atoms with E-state index in [0.717, 1.165) is 135 Å². The van der Waals surface area contributed by atoms with Crippen LogP contribution in [0.2, 0.25) is 0 Å².